The van der Waals surface area contributed by atoms with Gasteiger partial charge in [0.05, 0.1) is 26.4 Å². The molecule has 1 aliphatic rings. The van der Waals surface area contributed by atoms with Crippen LogP contribution in [0.4, 0.5) is 9.18 Å². The summed E-state index contributed by atoms with van der Waals surface area (Å²) in [6.45, 7) is 5.89. The van der Waals surface area contributed by atoms with Crippen LogP contribution in [0.3, 0.4) is 0 Å². The summed E-state index contributed by atoms with van der Waals surface area (Å²) in [5, 5.41) is 3.68. The van der Waals surface area contributed by atoms with Crippen LogP contribution in [0.25, 0.3) is 27.7 Å². The molecule has 3 aromatic carbocycles. The average Bonchev–Trinajstić information content (AvgIpc) is 3.51. The number of esters is 1. The van der Waals surface area contributed by atoms with Crippen molar-refractivity contribution in [3.63, 3.8) is 0 Å². The molecule has 8 nitrogen and oxygen atoms in total. The van der Waals surface area contributed by atoms with Crippen LogP contribution < -0.4 is 5.32 Å². The van der Waals surface area contributed by atoms with Crippen LogP contribution in [-0.2, 0) is 36.9 Å². The van der Waals surface area contributed by atoms with Crippen molar-refractivity contribution in [3.05, 3.63) is 114 Å². The van der Waals surface area contributed by atoms with E-state index in [2.05, 4.69) is 5.32 Å². The largest absolute Gasteiger partial charge is 0.469 e. The highest BCUT2D eigenvalue weighted by Gasteiger charge is 2.41. The first kappa shape index (κ1) is 32.7. The lowest BCUT2D eigenvalue weighted by atomic mass is 9.84. The van der Waals surface area contributed by atoms with Gasteiger partial charge in [-0.25, -0.2) is 9.18 Å². The van der Waals surface area contributed by atoms with Gasteiger partial charge in [-0.3, -0.25) is 4.79 Å². The number of hydrogen-bond donors (Lipinski definition) is 1. The molecule has 0 fully saturated rings. The van der Waals surface area contributed by atoms with Crippen LogP contribution in [0, 0.1) is 5.82 Å². The van der Waals surface area contributed by atoms with Gasteiger partial charge in [0.15, 0.2) is 0 Å². The maximum absolute atomic E-state index is 14.7. The van der Waals surface area contributed by atoms with E-state index in [1.54, 1.807) is 42.7 Å². The third-order valence-electron chi connectivity index (χ3n) is 7.68. The van der Waals surface area contributed by atoms with Gasteiger partial charge in [0.1, 0.15) is 28.7 Å². The summed E-state index contributed by atoms with van der Waals surface area (Å²) in [6, 6.07) is 20.1. The molecule has 1 heterocycles. The monoisotopic (exact) mass is 627 g/mol. The smallest absolute Gasteiger partial charge is 0.407 e. The van der Waals surface area contributed by atoms with Gasteiger partial charge >= 0.3 is 12.1 Å². The molecule has 46 heavy (non-hydrogen) atoms. The number of fused-ring (bicyclic) bond motifs is 1. The molecule has 1 aliphatic carbocycles. The molecule has 1 aromatic heterocycles. The summed E-state index contributed by atoms with van der Waals surface area (Å²) < 4.78 is 43.3. The Hall–Kier alpha value is -4.73. The highest BCUT2D eigenvalue weighted by atomic mass is 19.1. The molecule has 0 bridgehead atoms. The number of allylic oxidation sites excluding steroid dienone is 2. The lowest BCUT2D eigenvalue weighted by Gasteiger charge is -2.37. The van der Waals surface area contributed by atoms with Gasteiger partial charge in [-0.15, -0.1) is 0 Å². The topological polar surface area (TPSA) is 96.2 Å². The van der Waals surface area contributed by atoms with Crippen LogP contribution in [0.15, 0.2) is 95.6 Å². The van der Waals surface area contributed by atoms with E-state index in [4.69, 9.17) is 23.4 Å². The van der Waals surface area contributed by atoms with E-state index < -0.39 is 29.4 Å². The number of ether oxygens (including phenoxy) is 4. The second kappa shape index (κ2) is 13.7. The van der Waals surface area contributed by atoms with Crippen molar-refractivity contribution in [3.8, 4) is 11.1 Å². The van der Waals surface area contributed by atoms with Gasteiger partial charge in [-0.05, 0) is 85.5 Å². The van der Waals surface area contributed by atoms with Gasteiger partial charge in [-0.2, -0.15) is 0 Å². The van der Waals surface area contributed by atoms with E-state index in [0.717, 1.165) is 27.6 Å². The zero-order chi connectivity index (χ0) is 32.9. The van der Waals surface area contributed by atoms with Crippen LogP contribution in [0.5, 0.6) is 0 Å². The fraction of sp³-hybridized carbons (Fsp3) is 0.297. The number of benzene rings is 3. The molecule has 5 rings (SSSR count). The van der Waals surface area contributed by atoms with Gasteiger partial charge in [0.2, 0.25) is 0 Å². The Kier molecular flexibility index (Phi) is 9.74. The van der Waals surface area contributed by atoms with E-state index in [9.17, 15) is 14.0 Å². The van der Waals surface area contributed by atoms with Crippen molar-refractivity contribution in [2.24, 2.45) is 0 Å². The highest BCUT2D eigenvalue weighted by Crippen LogP contribution is 2.37. The third-order valence-corrected chi connectivity index (χ3v) is 7.68. The number of alkyl carbamates (subject to hydrolysis) is 1. The van der Waals surface area contributed by atoms with E-state index in [1.807, 2.05) is 63.2 Å². The van der Waals surface area contributed by atoms with Crippen LogP contribution in [-0.4, -0.2) is 43.6 Å². The quantitative estimate of drug-likeness (QED) is 0.180. The number of carbonyl (C=O) groups is 2. The molecule has 0 spiro atoms. The molecule has 0 saturated carbocycles. The maximum Gasteiger partial charge on any atom is 0.407 e. The van der Waals surface area contributed by atoms with Gasteiger partial charge < -0.3 is 28.7 Å². The Balaban J connectivity index is 1.43. The summed E-state index contributed by atoms with van der Waals surface area (Å²) in [4.78, 5) is 24.7. The predicted molar refractivity (Wildman–Crippen MR) is 173 cm³/mol. The molecule has 0 aliphatic heterocycles. The number of amides is 1. The second-order valence-electron chi connectivity index (χ2n) is 12.1. The van der Waals surface area contributed by atoms with E-state index >= 15 is 0 Å². The Morgan fingerprint density at radius 1 is 0.978 bits per heavy atom. The molecule has 2 unspecified atom stereocenters. The van der Waals surface area contributed by atoms with Gasteiger partial charge in [0, 0.05) is 30.2 Å². The van der Waals surface area contributed by atoms with E-state index in [0.29, 0.717) is 16.7 Å². The van der Waals surface area contributed by atoms with Crippen molar-refractivity contribution >= 4 is 28.6 Å². The van der Waals surface area contributed by atoms with Gasteiger partial charge in [-0.1, -0.05) is 42.5 Å². The first-order chi connectivity index (χ1) is 22.0. The number of hydrogen-bond acceptors (Lipinski definition) is 7. The summed E-state index contributed by atoms with van der Waals surface area (Å²) in [5.74, 6) is -0.834. The molecule has 1 amide bonds. The molecule has 4 aromatic rings. The maximum atomic E-state index is 14.7. The van der Waals surface area contributed by atoms with Crippen molar-refractivity contribution in [2.75, 3.05) is 14.2 Å². The lowest BCUT2D eigenvalue weighted by molar-refractivity contribution is -0.152. The Morgan fingerprint density at radius 2 is 1.78 bits per heavy atom. The second-order valence-corrected chi connectivity index (χ2v) is 12.1. The Bertz CT molecular complexity index is 1780. The Labute approximate surface area is 267 Å². The van der Waals surface area contributed by atoms with Crippen molar-refractivity contribution in [1.29, 1.82) is 0 Å². The molecular weight excluding hydrogens is 589 g/mol. The van der Waals surface area contributed by atoms with Crippen LogP contribution >= 0.6 is 0 Å². The minimum Gasteiger partial charge on any atom is -0.469 e. The normalized spacial score (nSPS) is 17.9. The number of halogens is 1. The number of methoxy groups -OCH3 is 2. The fourth-order valence-corrected chi connectivity index (χ4v) is 5.43. The molecule has 240 valence electrons. The predicted octanol–water partition coefficient (Wildman–Crippen LogP) is 7.75. The summed E-state index contributed by atoms with van der Waals surface area (Å²) in [5.41, 5.74) is 3.45. The molecule has 1 N–H and O–H groups in total. The minimum absolute atomic E-state index is 0.0989. The van der Waals surface area contributed by atoms with Crippen LogP contribution in [0.1, 0.15) is 43.9 Å². The Morgan fingerprint density at radius 3 is 2.52 bits per heavy atom. The van der Waals surface area contributed by atoms with E-state index in [1.165, 1.54) is 20.3 Å². The summed E-state index contributed by atoms with van der Waals surface area (Å²) in [6.07, 6.45) is 5.55. The van der Waals surface area contributed by atoms with Crippen molar-refractivity contribution < 1.29 is 37.3 Å². The summed E-state index contributed by atoms with van der Waals surface area (Å²) in [7, 11) is 2.82. The molecule has 9 heteroatoms. The minimum atomic E-state index is -1.17. The number of carbonyl (C=O) groups excluding carboxylic acids is 2. The SMILES string of the molecule is COC(=O)CC1(OC)C=CC(c2ccccc2F)=CC1OCc1cc(-c2cccc(CNC(=O)OC(C)(C)C)c2)c2occc2c1. The number of furan rings is 1. The van der Waals surface area contributed by atoms with Crippen LogP contribution in [0.2, 0.25) is 0 Å². The van der Waals surface area contributed by atoms with Crippen molar-refractivity contribution in [1.82, 2.24) is 5.32 Å². The van der Waals surface area contributed by atoms with Gasteiger partial charge in [0.25, 0.3) is 0 Å². The molecule has 0 radical (unpaired) electrons. The molecule has 0 saturated heterocycles. The molecule has 2 atom stereocenters. The summed E-state index contributed by atoms with van der Waals surface area (Å²) >= 11 is 0. The van der Waals surface area contributed by atoms with E-state index in [-0.39, 0.29) is 25.4 Å². The lowest BCUT2D eigenvalue weighted by Crippen LogP contribution is -2.46. The number of rotatable bonds is 10. The zero-order valence-electron chi connectivity index (χ0n) is 26.6. The average molecular weight is 628 g/mol. The fourth-order valence-electron chi connectivity index (χ4n) is 5.43. The third kappa shape index (κ3) is 7.55. The number of nitrogens with one attached hydrogen (secondary N) is 1. The van der Waals surface area contributed by atoms with Crippen molar-refractivity contribution in [2.45, 2.75) is 57.6 Å². The first-order valence-electron chi connectivity index (χ1n) is 15.0. The molecular formula is C37H38FNO7. The standard InChI is InChI=1S/C37H38FNO7/c1-36(2,3)46-35(41)39-22-24-9-8-10-26(17-24)30-19-25(18-28-14-16-44-34(28)30)23-45-32-20-27(29-11-6-7-12-31(29)38)13-15-37(32,43-5)21-33(40)42-4/h6-20,32H,21-23H2,1-5H3,(H,39,41). The first-order valence-corrected chi connectivity index (χ1v) is 15.0. The zero-order valence-corrected chi connectivity index (χ0v) is 26.6. The highest BCUT2D eigenvalue weighted by molar-refractivity contribution is 5.93.